The van der Waals surface area contributed by atoms with Crippen LogP contribution in [0.15, 0.2) is 36.0 Å². The first-order valence-electron chi connectivity index (χ1n) is 5.03. The highest BCUT2D eigenvalue weighted by Gasteiger charge is 2.41. The molecule has 0 saturated heterocycles. The molecule has 0 saturated carbocycles. The molecular formula is C10H7N3O5. The van der Waals surface area contributed by atoms with Gasteiger partial charge in [-0.2, -0.15) is 5.43 Å². The molecule has 1 atom stereocenters. The number of carbonyl (C=O) groups excluding carboxylic acids is 3. The zero-order chi connectivity index (χ0) is 12.7. The predicted molar refractivity (Wildman–Crippen MR) is 54.4 cm³/mol. The Morgan fingerprint density at radius 3 is 2.78 bits per heavy atom. The largest absolute Gasteiger partial charge is 0.434 e. The fourth-order valence-electron chi connectivity index (χ4n) is 1.70. The van der Waals surface area contributed by atoms with Crippen LogP contribution in [0.4, 0.5) is 0 Å². The van der Waals surface area contributed by atoms with Gasteiger partial charge < -0.3 is 14.8 Å². The van der Waals surface area contributed by atoms with Crippen molar-refractivity contribution in [3.8, 4) is 0 Å². The fourth-order valence-corrected chi connectivity index (χ4v) is 1.70. The molecule has 1 unspecified atom stereocenters. The molecule has 3 aliphatic heterocycles. The Morgan fingerprint density at radius 2 is 1.94 bits per heavy atom. The SMILES string of the molecule is O=C1/C=C\C(=O)OC2NN3C=CNC(=O)C3=C2O1. The van der Waals surface area contributed by atoms with Gasteiger partial charge >= 0.3 is 11.9 Å². The summed E-state index contributed by atoms with van der Waals surface area (Å²) in [6.07, 6.45) is 3.79. The lowest BCUT2D eigenvalue weighted by Gasteiger charge is -2.20. The quantitative estimate of drug-likeness (QED) is 0.510. The van der Waals surface area contributed by atoms with Crippen LogP contribution < -0.4 is 10.7 Å². The number of nitrogens with zero attached hydrogens (tertiary/aromatic N) is 1. The van der Waals surface area contributed by atoms with E-state index in [1.807, 2.05) is 0 Å². The smallest absolute Gasteiger partial charge is 0.336 e. The molecule has 8 heteroatoms. The van der Waals surface area contributed by atoms with Crippen molar-refractivity contribution in [1.82, 2.24) is 15.8 Å². The molecule has 8 nitrogen and oxygen atoms in total. The molecule has 1 amide bonds. The van der Waals surface area contributed by atoms with Gasteiger partial charge in [0.15, 0.2) is 11.5 Å². The van der Waals surface area contributed by atoms with Gasteiger partial charge in [-0.15, -0.1) is 0 Å². The number of rotatable bonds is 0. The van der Waals surface area contributed by atoms with Gasteiger partial charge in [-0.3, -0.25) is 9.80 Å². The molecule has 3 aliphatic rings. The number of esters is 2. The van der Waals surface area contributed by atoms with Crippen molar-refractivity contribution < 1.29 is 23.9 Å². The minimum absolute atomic E-state index is 0.0421. The van der Waals surface area contributed by atoms with Gasteiger partial charge in [-0.1, -0.05) is 0 Å². The van der Waals surface area contributed by atoms with Crippen LogP contribution >= 0.6 is 0 Å². The van der Waals surface area contributed by atoms with E-state index in [0.717, 1.165) is 12.2 Å². The van der Waals surface area contributed by atoms with Crippen molar-refractivity contribution in [2.24, 2.45) is 0 Å². The number of hydrogen-bond donors (Lipinski definition) is 2. The highest BCUT2D eigenvalue weighted by atomic mass is 16.6. The molecule has 0 aromatic carbocycles. The summed E-state index contributed by atoms with van der Waals surface area (Å²) >= 11 is 0. The predicted octanol–water partition coefficient (Wildman–Crippen LogP) is -1.40. The second-order valence-corrected chi connectivity index (χ2v) is 3.57. The fraction of sp³-hybridized carbons (Fsp3) is 0.100. The van der Waals surface area contributed by atoms with Gasteiger partial charge in [0.05, 0.1) is 0 Å². The van der Waals surface area contributed by atoms with Gasteiger partial charge in [0.25, 0.3) is 5.91 Å². The molecule has 0 aliphatic carbocycles. The van der Waals surface area contributed by atoms with E-state index < -0.39 is 24.1 Å². The third kappa shape index (κ3) is 1.55. The lowest BCUT2D eigenvalue weighted by molar-refractivity contribution is -0.150. The average molecular weight is 249 g/mol. The molecule has 2 N–H and O–H groups in total. The van der Waals surface area contributed by atoms with Gasteiger partial charge in [0.2, 0.25) is 6.23 Å². The van der Waals surface area contributed by atoms with Crippen molar-refractivity contribution >= 4 is 17.8 Å². The molecule has 0 aromatic rings. The summed E-state index contributed by atoms with van der Waals surface area (Å²) < 4.78 is 9.96. The van der Waals surface area contributed by atoms with E-state index in [9.17, 15) is 14.4 Å². The molecular weight excluding hydrogens is 242 g/mol. The highest BCUT2D eigenvalue weighted by Crippen LogP contribution is 2.26. The molecule has 0 radical (unpaired) electrons. The Labute approximate surface area is 100 Å². The molecule has 0 fully saturated rings. The Bertz CT molecular complexity index is 548. The third-order valence-electron chi connectivity index (χ3n) is 2.42. The van der Waals surface area contributed by atoms with Crippen LogP contribution in [-0.2, 0) is 23.9 Å². The number of ether oxygens (including phenoxy) is 2. The molecule has 3 heterocycles. The summed E-state index contributed by atoms with van der Waals surface area (Å²) in [5, 5.41) is 3.76. The van der Waals surface area contributed by atoms with Gasteiger partial charge in [-0.05, 0) is 0 Å². The zero-order valence-corrected chi connectivity index (χ0v) is 8.88. The van der Waals surface area contributed by atoms with E-state index in [4.69, 9.17) is 9.47 Å². The first-order chi connectivity index (χ1) is 8.65. The van der Waals surface area contributed by atoms with E-state index >= 15 is 0 Å². The minimum atomic E-state index is -1.00. The topological polar surface area (TPSA) is 97.0 Å². The number of carbonyl (C=O) groups is 3. The zero-order valence-electron chi connectivity index (χ0n) is 8.88. The summed E-state index contributed by atoms with van der Waals surface area (Å²) in [4.78, 5) is 34.3. The number of hydrogen-bond acceptors (Lipinski definition) is 7. The van der Waals surface area contributed by atoms with Crippen LogP contribution in [-0.4, -0.2) is 29.1 Å². The monoisotopic (exact) mass is 249 g/mol. The Balaban J connectivity index is 2.05. The molecule has 0 bridgehead atoms. The van der Waals surface area contributed by atoms with Gasteiger partial charge in [0.1, 0.15) is 0 Å². The normalized spacial score (nSPS) is 27.7. The minimum Gasteiger partial charge on any atom is -0.434 e. The summed E-state index contributed by atoms with van der Waals surface area (Å²) in [5.74, 6) is -1.95. The number of amides is 1. The summed E-state index contributed by atoms with van der Waals surface area (Å²) in [6, 6.07) is 0. The van der Waals surface area contributed by atoms with Gasteiger partial charge in [0, 0.05) is 24.6 Å². The summed E-state index contributed by atoms with van der Waals surface area (Å²) in [7, 11) is 0. The maximum Gasteiger partial charge on any atom is 0.336 e. The number of fused-ring (bicyclic) bond motifs is 2. The Hall–Kier alpha value is -2.61. The molecule has 18 heavy (non-hydrogen) atoms. The van der Waals surface area contributed by atoms with E-state index in [-0.39, 0.29) is 11.5 Å². The van der Waals surface area contributed by atoms with Gasteiger partial charge in [-0.25, -0.2) is 9.59 Å². The number of hydrazine groups is 1. The Kier molecular flexibility index (Phi) is 2.17. The first-order valence-corrected chi connectivity index (χ1v) is 5.03. The lowest BCUT2D eigenvalue weighted by atomic mass is 10.3. The van der Waals surface area contributed by atoms with Crippen LogP contribution in [0.5, 0.6) is 0 Å². The molecule has 3 rings (SSSR count). The van der Waals surface area contributed by atoms with Crippen molar-refractivity contribution in [2.45, 2.75) is 6.23 Å². The van der Waals surface area contributed by atoms with E-state index in [2.05, 4.69) is 10.7 Å². The summed E-state index contributed by atoms with van der Waals surface area (Å²) in [5.41, 5.74) is 2.78. The standard InChI is InChI=1S/C10H7N3O5/c14-5-1-2-6(15)18-10-8(17-5)7-9(16)11-3-4-13(7)12-10/h1-4,10,12H,(H,11,16)/b2-1-. The number of nitrogens with one attached hydrogen (secondary N) is 2. The maximum atomic E-state index is 11.7. The van der Waals surface area contributed by atoms with E-state index in [1.54, 1.807) is 0 Å². The van der Waals surface area contributed by atoms with Crippen molar-refractivity contribution in [1.29, 1.82) is 0 Å². The van der Waals surface area contributed by atoms with Crippen LogP contribution in [0.1, 0.15) is 0 Å². The van der Waals surface area contributed by atoms with Crippen LogP contribution in [0, 0.1) is 0 Å². The second-order valence-electron chi connectivity index (χ2n) is 3.57. The highest BCUT2D eigenvalue weighted by molar-refractivity contribution is 5.97. The average Bonchev–Trinajstić information content (AvgIpc) is 2.64. The van der Waals surface area contributed by atoms with Crippen molar-refractivity contribution in [3.63, 3.8) is 0 Å². The van der Waals surface area contributed by atoms with Crippen LogP contribution in [0.25, 0.3) is 0 Å². The molecule has 92 valence electrons. The van der Waals surface area contributed by atoms with Crippen molar-refractivity contribution in [3.05, 3.63) is 36.0 Å². The third-order valence-corrected chi connectivity index (χ3v) is 2.42. The van der Waals surface area contributed by atoms with E-state index in [1.165, 1.54) is 17.4 Å². The first kappa shape index (κ1) is 10.5. The molecule has 0 aromatic heterocycles. The van der Waals surface area contributed by atoms with Crippen molar-refractivity contribution in [2.75, 3.05) is 0 Å². The summed E-state index contributed by atoms with van der Waals surface area (Å²) in [6.45, 7) is 0. The lowest BCUT2D eigenvalue weighted by Crippen LogP contribution is -2.41. The molecule has 0 spiro atoms. The van der Waals surface area contributed by atoms with E-state index in [0.29, 0.717) is 0 Å². The van der Waals surface area contributed by atoms with Crippen LogP contribution in [0.2, 0.25) is 0 Å². The maximum absolute atomic E-state index is 11.7. The second kappa shape index (κ2) is 3.70. The van der Waals surface area contributed by atoms with Crippen LogP contribution in [0.3, 0.4) is 0 Å². The Morgan fingerprint density at radius 1 is 1.17 bits per heavy atom.